The predicted molar refractivity (Wildman–Crippen MR) is 147 cm³/mol. The molecule has 0 spiro atoms. The molecular weight excluding hydrogens is 543 g/mol. The van der Waals surface area contributed by atoms with Crippen molar-refractivity contribution in [2.45, 2.75) is 64.3 Å². The first-order valence-corrected chi connectivity index (χ1v) is 17.9. The molecule has 1 aromatic carbocycles. The number of sulfone groups is 1. The zero-order valence-electron chi connectivity index (χ0n) is 23.0. The van der Waals surface area contributed by atoms with E-state index in [1.165, 1.54) is 23.7 Å². The van der Waals surface area contributed by atoms with Crippen LogP contribution in [-0.4, -0.2) is 59.7 Å². The zero-order chi connectivity index (χ0) is 29.0. The number of carboxylic acids is 1. The van der Waals surface area contributed by atoms with Crippen molar-refractivity contribution in [3.05, 3.63) is 48.0 Å². The Morgan fingerprint density at radius 1 is 1.15 bits per heavy atom. The Morgan fingerprint density at radius 2 is 1.82 bits per heavy atom. The third-order valence-corrected chi connectivity index (χ3v) is 9.26. The highest BCUT2D eigenvalue weighted by Crippen LogP contribution is 2.40. The van der Waals surface area contributed by atoms with Crippen molar-refractivity contribution in [2.24, 2.45) is 5.92 Å². The molecule has 0 saturated heterocycles. The number of ether oxygens (including phenoxy) is 2. The fourth-order valence-corrected chi connectivity index (χ4v) is 5.74. The first-order chi connectivity index (χ1) is 18.2. The summed E-state index contributed by atoms with van der Waals surface area (Å²) in [6.45, 7) is 12.0. The summed E-state index contributed by atoms with van der Waals surface area (Å²) in [7, 11) is -5.56. The summed E-state index contributed by atoms with van der Waals surface area (Å²) in [5.74, 6) is -3.42. The molecule has 0 aliphatic rings. The van der Waals surface area contributed by atoms with E-state index in [-0.39, 0.29) is 24.4 Å². The topological polar surface area (TPSA) is 134 Å². The van der Waals surface area contributed by atoms with Crippen molar-refractivity contribution < 1.29 is 32.2 Å². The van der Waals surface area contributed by atoms with Gasteiger partial charge in [0.05, 0.1) is 11.7 Å². The molecule has 1 atom stereocenters. The Balaban J connectivity index is 2.08. The number of rotatable bonds is 13. The lowest BCUT2D eigenvalue weighted by atomic mass is 9.95. The molecule has 10 nitrogen and oxygen atoms in total. The molecule has 0 aliphatic carbocycles. The third-order valence-electron chi connectivity index (χ3n) is 5.89. The second-order valence-corrected chi connectivity index (χ2v) is 18.5. The quantitative estimate of drug-likeness (QED) is 0.214. The van der Waals surface area contributed by atoms with E-state index in [4.69, 9.17) is 9.47 Å². The lowest BCUT2D eigenvalue weighted by Gasteiger charge is -2.18. The van der Waals surface area contributed by atoms with E-state index in [2.05, 4.69) is 34.7 Å². The average molecular weight is 579 g/mol. The zero-order valence-corrected chi connectivity index (χ0v) is 24.8. The minimum atomic E-state index is -4.17. The fourth-order valence-electron chi connectivity index (χ4n) is 3.60. The number of carboxylic acid groups (broad SMARTS) is 1. The highest BCUT2D eigenvalue weighted by Gasteiger charge is 2.29. The molecule has 0 saturated carbocycles. The molecule has 0 radical (unpaired) electrons. The molecule has 13 heteroatoms. The molecule has 39 heavy (non-hydrogen) atoms. The number of benzene rings is 1. The van der Waals surface area contributed by atoms with Crippen LogP contribution in [0, 0.1) is 11.7 Å². The van der Waals surface area contributed by atoms with Crippen LogP contribution in [0.2, 0.25) is 25.7 Å². The van der Waals surface area contributed by atoms with Gasteiger partial charge >= 0.3 is 12.0 Å². The van der Waals surface area contributed by atoms with E-state index in [0.717, 1.165) is 6.04 Å². The number of hydrogen-bond donors (Lipinski definition) is 1. The van der Waals surface area contributed by atoms with Gasteiger partial charge in [0.15, 0.2) is 0 Å². The minimum Gasteiger partial charge on any atom is -0.481 e. The van der Waals surface area contributed by atoms with Crippen LogP contribution < -0.4 is 4.74 Å². The molecule has 3 rings (SSSR count). The van der Waals surface area contributed by atoms with E-state index in [1.54, 1.807) is 24.5 Å². The maximum absolute atomic E-state index is 14.7. The lowest BCUT2D eigenvalue weighted by molar-refractivity contribution is -0.140. The Bertz CT molecular complexity index is 1410. The SMILES string of the molecule is CC(CS(=O)(=O)c1nc(Oc2c(-c3ccncc3)cc(F)cc2C(C)C)n(COCC[Si](C)(C)C)n1)C(=O)O. The largest absolute Gasteiger partial charge is 0.481 e. The van der Waals surface area contributed by atoms with Gasteiger partial charge in [0.1, 0.15) is 18.3 Å². The average Bonchev–Trinajstić information content (AvgIpc) is 3.25. The lowest BCUT2D eigenvalue weighted by Crippen LogP contribution is -2.22. The molecule has 3 aromatic rings. The van der Waals surface area contributed by atoms with Crippen LogP contribution in [0.25, 0.3) is 11.1 Å². The molecule has 2 aromatic heterocycles. The van der Waals surface area contributed by atoms with Crippen molar-refractivity contribution in [3.63, 3.8) is 0 Å². The number of pyridine rings is 1. The summed E-state index contributed by atoms with van der Waals surface area (Å²) in [6, 6.07) is 6.81. The molecule has 0 bridgehead atoms. The molecule has 212 valence electrons. The van der Waals surface area contributed by atoms with E-state index < -0.39 is 46.5 Å². The third kappa shape index (κ3) is 8.16. The highest BCUT2D eigenvalue weighted by atomic mass is 32.2. The first-order valence-electron chi connectivity index (χ1n) is 12.6. The van der Waals surface area contributed by atoms with Gasteiger partial charge in [0.25, 0.3) is 5.16 Å². The standard InChI is InChI=1S/C26H35FN4O6SSi/c1-17(2)21-13-20(27)14-22(19-7-9-28-10-8-19)23(21)37-26-29-25(38(34,35)15-18(3)24(32)33)30-31(26)16-36-11-12-39(4,5)6/h7-10,13-14,17-18H,11-12,15-16H2,1-6H3,(H,32,33). The Morgan fingerprint density at radius 3 is 2.41 bits per heavy atom. The maximum atomic E-state index is 14.7. The monoisotopic (exact) mass is 578 g/mol. The number of halogens is 1. The van der Waals surface area contributed by atoms with Gasteiger partial charge in [-0.1, -0.05) is 40.4 Å². The number of hydrogen-bond acceptors (Lipinski definition) is 8. The smallest absolute Gasteiger partial charge is 0.323 e. The van der Waals surface area contributed by atoms with Crippen LogP contribution in [-0.2, 0) is 26.1 Å². The minimum absolute atomic E-state index is 0.139. The number of aliphatic carboxylic acids is 1. The van der Waals surface area contributed by atoms with Gasteiger partial charge in [-0.05, 0) is 41.8 Å². The van der Waals surface area contributed by atoms with Crippen molar-refractivity contribution in [3.8, 4) is 22.9 Å². The molecule has 1 unspecified atom stereocenters. The molecule has 0 fully saturated rings. The molecule has 1 N–H and O–H groups in total. The van der Waals surface area contributed by atoms with Crippen molar-refractivity contribution in [1.29, 1.82) is 0 Å². The van der Waals surface area contributed by atoms with Gasteiger partial charge in [0.2, 0.25) is 9.84 Å². The molecule has 2 heterocycles. The van der Waals surface area contributed by atoms with Crippen LogP contribution in [0.5, 0.6) is 11.8 Å². The fraction of sp³-hybridized carbons (Fsp3) is 0.462. The summed E-state index contributed by atoms with van der Waals surface area (Å²) in [4.78, 5) is 19.5. The second kappa shape index (κ2) is 12.3. The van der Waals surface area contributed by atoms with Crippen LogP contribution in [0.4, 0.5) is 4.39 Å². The van der Waals surface area contributed by atoms with Crippen LogP contribution in [0.15, 0.2) is 41.8 Å². The van der Waals surface area contributed by atoms with Crippen LogP contribution in [0.1, 0.15) is 32.3 Å². The molecule has 0 aliphatic heterocycles. The Labute approximate surface area is 229 Å². The second-order valence-electron chi connectivity index (χ2n) is 10.9. The van der Waals surface area contributed by atoms with E-state index >= 15 is 0 Å². The van der Waals surface area contributed by atoms with E-state index in [9.17, 15) is 22.7 Å². The van der Waals surface area contributed by atoms with Crippen LogP contribution >= 0.6 is 0 Å². The van der Waals surface area contributed by atoms with Gasteiger partial charge in [-0.15, -0.1) is 5.10 Å². The first kappa shape index (κ1) is 30.4. The van der Waals surface area contributed by atoms with Gasteiger partial charge in [-0.2, -0.15) is 9.67 Å². The van der Waals surface area contributed by atoms with Crippen molar-refractivity contribution in [1.82, 2.24) is 19.7 Å². The van der Waals surface area contributed by atoms with Crippen LogP contribution in [0.3, 0.4) is 0 Å². The van der Waals surface area contributed by atoms with E-state index in [0.29, 0.717) is 23.3 Å². The van der Waals surface area contributed by atoms with E-state index in [1.807, 2.05) is 13.8 Å². The number of nitrogens with zero attached hydrogens (tertiary/aromatic N) is 4. The van der Waals surface area contributed by atoms with Gasteiger partial charge in [0, 0.05) is 38.2 Å². The summed E-state index contributed by atoms with van der Waals surface area (Å²) in [5, 5.41) is 12.8. The normalized spacial score (nSPS) is 13.0. The van der Waals surface area contributed by atoms with Crippen molar-refractivity contribution in [2.75, 3.05) is 12.4 Å². The number of aromatic nitrogens is 4. The summed E-state index contributed by atoms with van der Waals surface area (Å²) in [6.07, 6.45) is 3.14. The van der Waals surface area contributed by atoms with Gasteiger partial charge < -0.3 is 14.6 Å². The summed E-state index contributed by atoms with van der Waals surface area (Å²) < 4.78 is 53.8. The Kier molecular flexibility index (Phi) is 9.62. The van der Waals surface area contributed by atoms with Gasteiger partial charge in [-0.3, -0.25) is 9.78 Å². The van der Waals surface area contributed by atoms with Gasteiger partial charge in [-0.25, -0.2) is 12.8 Å². The molecule has 0 amide bonds. The highest BCUT2D eigenvalue weighted by molar-refractivity contribution is 7.91. The van der Waals surface area contributed by atoms with Crippen molar-refractivity contribution >= 4 is 23.9 Å². The summed E-state index contributed by atoms with van der Waals surface area (Å²) in [5.41, 5.74) is 1.61. The molecular formula is C26H35FN4O6SSi. The Hall–Kier alpha value is -3.16. The summed E-state index contributed by atoms with van der Waals surface area (Å²) >= 11 is 0. The maximum Gasteiger partial charge on any atom is 0.323 e. The predicted octanol–water partition coefficient (Wildman–Crippen LogP) is 5.20. The number of carbonyl (C=O) groups is 1.